The van der Waals surface area contributed by atoms with Crippen LogP contribution in [-0.2, 0) is 14.0 Å². The molecular formula is C18H24BN3O4. The minimum Gasteiger partial charge on any atom is -0.462 e. The van der Waals surface area contributed by atoms with E-state index in [2.05, 4.69) is 5.10 Å². The Morgan fingerprint density at radius 2 is 1.92 bits per heavy atom. The number of carbonyl (C=O) groups is 1. The number of esters is 1. The predicted molar refractivity (Wildman–Crippen MR) is 99.6 cm³/mol. The van der Waals surface area contributed by atoms with Gasteiger partial charge in [0.2, 0.25) is 0 Å². The van der Waals surface area contributed by atoms with Crippen molar-refractivity contribution >= 4 is 24.4 Å². The van der Waals surface area contributed by atoms with Crippen LogP contribution in [0.2, 0.25) is 0 Å². The van der Waals surface area contributed by atoms with Crippen LogP contribution in [0.15, 0.2) is 30.5 Å². The summed E-state index contributed by atoms with van der Waals surface area (Å²) in [6.45, 7) is 10.1. The van der Waals surface area contributed by atoms with E-state index in [0.29, 0.717) is 5.69 Å². The summed E-state index contributed by atoms with van der Waals surface area (Å²) in [7, 11) is -0.485. The van der Waals surface area contributed by atoms with Crippen molar-refractivity contribution in [3.63, 3.8) is 0 Å². The Balaban J connectivity index is 1.91. The molecule has 0 radical (unpaired) electrons. The number of ether oxygens (including phenoxy) is 1. The van der Waals surface area contributed by atoms with Gasteiger partial charge in [-0.25, -0.2) is 9.48 Å². The maximum Gasteiger partial charge on any atom is 0.494 e. The van der Waals surface area contributed by atoms with E-state index in [-0.39, 0.29) is 18.0 Å². The van der Waals surface area contributed by atoms with Crippen LogP contribution in [0.1, 0.15) is 45.0 Å². The molecule has 1 aromatic heterocycles. The van der Waals surface area contributed by atoms with E-state index in [1.54, 1.807) is 6.92 Å². The number of nitrogens with two attached hydrogens (primary N) is 1. The summed E-state index contributed by atoms with van der Waals surface area (Å²) in [5.74, 6) is -0.257. The first kappa shape index (κ1) is 18.5. The SMILES string of the molecule is CCOC(=O)c1cnn(-c2cccc(B3OC(C)(C)C(C)(C)O3)c2)c1N. The molecule has 1 fully saturated rings. The van der Waals surface area contributed by atoms with Gasteiger partial charge in [-0.2, -0.15) is 5.10 Å². The molecule has 0 spiro atoms. The van der Waals surface area contributed by atoms with Crippen LogP contribution in [0, 0.1) is 0 Å². The highest BCUT2D eigenvalue weighted by Crippen LogP contribution is 2.36. The average molecular weight is 357 g/mol. The average Bonchev–Trinajstić information content (AvgIpc) is 3.05. The largest absolute Gasteiger partial charge is 0.494 e. The third kappa shape index (κ3) is 3.10. The van der Waals surface area contributed by atoms with Crippen LogP contribution >= 0.6 is 0 Å². The Morgan fingerprint density at radius 1 is 1.27 bits per heavy atom. The number of nitrogens with zero attached hydrogens (tertiary/aromatic N) is 2. The number of hydrogen-bond donors (Lipinski definition) is 1. The van der Waals surface area contributed by atoms with Crippen LogP contribution in [0.4, 0.5) is 5.82 Å². The Labute approximate surface area is 153 Å². The molecule has 2 heterocycles. The quantitative estimate of drug-likeness (QED) is 0.665. The summed E-state index contributed by atoms with van der Waals surface area (Å²) in [4.78, 5) is 11.9. The van der Waals surface area contributed by atoms with Crippen LogP contribution in [-0.4, -0.2) is 40.7 Å². The van der Waals surface area contributed by atoms with Crippen molar-refractivity contribution in [1.82, 2.24) is 9.78 Å². The number of carbonyl (C=O) groups excluding carboxylic acids is 1. The first-order valence-electron chi connectivity index (χ1n) is 8.63. The lowest BCUT2D eigenvalue weighted by Crippen LogP contribution is -2.41. The zero-order chi connectivity index (χ0) is 19.1. The Bertz CT molecular complexity index is 816. The second-order valence-electron chi connectivity index (χ2n) is 7.26. The molecule has 1 aliphatic heterocycles. The van der Waals surface area contributed by atoms with Crippen molar-refractivity contribution in [3.05, 3.63) is 36.0 Å². The zero-order valence-electron chi connectivity index (χ0n) is 15.8. The summed E-state index contributed by atoms with van der Waals surface area (Å²) in [6, 6.07) is 7.55. The monoisotopic (exact) mass is 357 g/mol. The summed E-state index contributed by atoms with van der Waals surface area (Å²) in [5.41, 5.74) is 7.06. The Kier molecular flexibility index (Phi) is 4.58. The van der Waals surface area contributed by atoms with Gasteiger partial charge < -0.3 is 19.8 Å². The number of benzene rings is 1. The van der Waals surface area contributed by atoms with E-state index >= 15 is 0 Å². The van der Waals surface area contributed by atoms with Crippen molar-refractivity contribution in [1.29, 1.82) is 0 Å². The third-order valence-electron chi connectivity index (χ3n) is 4.94. The molecule has 2 aromatic rings. The van der Waals surface area contributed by atoms with E-state index in [0.717, 1.165) is 5.46 Å². The highest BCUT2D eigenvalue weighted by Gasteiger charge is 2.51. The Hall–Kier alpha value is -2.32. The number of aromatic nitrogens is 2. The molecule has 138 valence electrons. The van der Waals surface area contributed by atoms with E-state index in [1.807, 2.05) is 52.0 Å². The van der Waals surface area contributed by atoms with Gasteiger partial charge in [-0.3, -0.25) is 0 Å². The van der Waals surface area contributed by atoms with Crippen molar-refractivity contribution in [3.8, 4) is 5.69 Å². The fourth-order valence-electron chi connectivity index (χ4n) is 2.71. The molecule has 26 heavy (non-hydrogen) atoms. The highest BCUT2D eigenvalue weighted by atomic mass is 16.7. The number of nitrogen functional groups attached to an aromatic ring is 1. The lowest BCUT2D eigenvalue weighted by atomic mass is 9.79. The molecule has 0 aliphatic carbocycles. The first-order valence-corrected chi connectivity index (χ1v) is 8.63. The number of hydrogen-bond acceptors (Lipinski definition) is 6. The lowest BCUT2D eigenvalue weighted by Gasteiger charge is -2.32. The van der Waals surface area contributed by atoms with Gasteiger partial charge >= 0.3 is 13.1 Å². The topological polar surface area (TPSA) is 88.6 Å². The van der Waals surface area contributed by atoms with Crippen molar-refractivity contribution < 1.29 is 18.8 Å². The Morgan fingerprint density at radius 3 is 2.54 bits per heavy atom. The molecule has 1 saturated heterocycles. The van der Waals surface area contributed by atoms with Crippen LogP contribution < -0.4 is 11.2 Å². The van der Waals surface area contributed by atoms with E-state index in [4.69, 9.17) is 19.8 Å². The minimum atomic E-state index is -0.488. The number of anilines is 1. The van der Waals surface area contributed by atoms with E-state index in [9.17, 15) is 4.79 Å². The van der Waals surface area contributed by atoms with Gasteiger partial charge in [0.25, 0.3) is 0 Å². The van der Waals surface area contributed by atoms with Gasteiger partial charge in [0.1, 0.15) is 11.4 Å². The molecule has 1 aromatic carbocycles. The molecule has 7 nitrogen and oxygen atoms in total. The second-order valence-corrected chi connectivity index (χ2v) is 7.26. The molecule has 0 bridgehead atoms. The molecule has 0 unspecified atom stereocenters. The van der Waals surface area contributed by atoms with Crippen LogP contribution in [0.3, 0.4) is 0 Å². The zero-order valence-corrected chi connectivity index (χ0v) is 15.8. The fourth-order valence-corrected chi connectivity index (χ4v) is 2.71. The van der Waals surface area contributed by atoms with Crippen LogP contribution in [0.5, 0.6) is 0 Å². The molecule has 0 amide bonds. The summed E-state index contributed by atoms with van der Waals surface area (Å²) < 4.78 is 18.7. The summed E-state index contributed by atoms with van der Waals surface area (Å²) in [5, 5.41) is 4.22. The van der Waals surface area contributed by atoms with Crippen LogP contribution in [0.25, 0.3) is 5.69 Å². The smallest absolute Gasteiger partial charge is 0.462 e. The third-order valence-corrected chi connectivity index (χ3v) is 4.94. The van der Waals surface area contributed by atoms with E-state index < -0.39 is 24.3 Å². The van der Waals surface area contributed by atoms with Crippen molar-refractivity contribution in [2.45, 2.75) is 45.8 Å². The van der Waals surface area contributed by atoms with Gasteiger partial charge in [-0.15, -0.1) is 0 Å². The van der Waals surface area contributed by atoms with Gasteiger partial charge in [0, 0.05) is 0 Å². The normalized spacial score (nSPS) is 18.1. The molecule has 0 atom stereocenters. The molecule has 8 heteroatoms. The van der Waals surface area contributed by atoms with Gasteiger partial charge in [0.05, 0.1) is 29.7 Å². The van der Waals surface area contributed by atoms with Gasteiger partial charge in [-0.05, 0) is 52.2 Å². The van der Waals surface area contributed by atoms with E-state index in [1.165, 1.54) is 10.9 Å². The highest BCUT2D eigenvalue weighted by molar-refractivity contribution is 6.62. The standard InChI is InChI=1S/C18H24BN3O4/c1-6-24-16(23)14-11-21-22(15(14)20)13-9-7-8-12(10-13)19-25-17(2,3)18(4,5)26-19/h7-11H,6,20H2,1-5H3. The maximum absolute atomic E-state index is 11.9. The van der Waals surface area contributed by atoms with Gasteiger partial charge in [-0.1, -0.05) is 12.1 Å². The van der Waals surface area contributed by atoms with Crippen molar-refractivity contribution in [2.24, 2.45) is 0 Å². The molecular weight excluding hydrogens is 333 g/mol. The lowest BCUT2D eigenvalue weighted by molar-refractivity contribution is 0.00578. The summed E-state index contributed by atoms with van der Waals surface area (Å²) >= 11 is 0. The molecule has 1 aliphatic rings. The van der Waals surface area contributed by atoms with Crippen molar-refractivity contribution in [2.75, 3.05) is 12.3 Å². The first-order chi connectivity index (χ1) is 12.2. The number of rotatable bonds is 4. The maximum atomic E-state index is 11.9. The predicted octanol–water partition coefficient (Wildman–Crippen LogP) is 1.93. The molecule has 2 N–H and O–H groups in total. The fraction of sp³-hybridized carbons (Fsp3) is 0.444. The molecule has 3 rings (SSSR count). The second kappa shape index (κ2) is 6.44. The molecule has 0 saturated carbocycles. The van der Waals surface area contributed by atoms with Gasteiger partial charge in [0.15, 0.2) is 0 Å². The minimum absolute atomic E-state index is 0.231. The summed E-state index contributed by atoms with van der Waals surface area (Å²) in [6.07, 6.45) is 1.41.